The van der Waals surface area contributed by atoms with Crippen molar-refractivity contribution in [2.75, 3.05) is 40.1 Å². The third-order valence-electron chi connectivity index (χ3n) is 2.43. The standard InChI is InChI=1S/C13H21NO4/c1-12-3-4-14(13(15)11-12)5-6-17-9-10-18-8-7-16-2/h3-4,11H,5-10H2,1-2H3. The summed E-state index contributed by atoms with van der Waals surface area (Å²) < 4.78 is 17.1. The second-order valence-corrected chi connectivity index (χ2v) is 3.95. The van der Waals surface area contributed by atoms with Gasteiger partial charge < -0.3 is 18.8 Å². The molecule has 0 bridgehead atoms. The van der Waals surface area contributed by atoms with Crippen molar-refractivity contribution in [1.29, 1.82) is 0 Å². The first-order valence-electron chi connectivity index (χ1n) is 6.05. The van der Waals surface area contributed by atoms with Crippen molar-refractivity contribution in [3.05, 3.63) is 34.2 Å². The molecule has 0 aromatic carbocycles. The highest BCUT2D eigenvalue weighted by Crippen LogP contribution is 1.91. The Hall–Kier alpha value is -1.17. The largest absolute Gasteiger partial charge is 0.382 e. The molecule has 5 nitrogen and oxygen atoms in total. The average Bonchev–Trinajstić information content (AvgIpc) is 2.35. The lowest BCUT2D eigenvalue weighted by molar-refractivity contribution is 0.0229. The third kappa shape index (κ3) is 5.95. The number of rotatable bonds is 9. The molecule has 102 valence electrons. The van der Waals surface area contributed by atoms with Gasteiger partial charge in [0.1, 0.15) is 0 Å². The van der Waals surface area contributed by atoms with Gasteiger partial charge in [-0.15, -0.1) is 0 Å². The van der Waals surface area contributed by atoms with Crippen LogP contribution in [0.25, 0.3) is 0 Å². The van der Waals surface area contributed by atoms with Crippen molar-refractivity contribution in [3.63, 3.8) is 0 Å². The molecule has 5 heteroatoms. The van der Waals surface area contributed by atoms with E-state index in [0.29, 0.717) is 39.6 Å². The Labute approximate surface area is 107 Å². The summed E-state index contributed by atoms with van der Waals surface area (Å²) in [4.78, 5) is 11.5. The maximum atomic E-state index is 11.5. The average molecular weight is 255 g/mol. The number of ether oxygens (including phenoxy) is 3. The summed E-state index contributed by atoms with van der Waals surface area (Å²) in [5.41, 5.74) is 0.985. The second kappa shape index (κ2) is 8.85. The van der Waals surface area contributed by atoms with Crippen LogP contribution in [-0.2, 0) is 20.8 Å². The van der Waals surface area contributed by atoms with Crippen molar-refractivity contribution >= 4 is 0 Å². The first-order chi connectivity index (χ1) is 8.74. The molecule has 1 rings (SSSR count). The molecule has 0 radical (unpaired) electrons. The molecule has 0 saturated heterocycles. The highest BCUT2D eigenvalue weighted by molar-refractivity contribution is 5.07. The summed E-state index contributed by atoms with van der Waals surface area (Å²) in [6, 6.07) is 3.53. The summed E-state index contributed by atoms with van der Waals surface area (Å²) in [7, 11) is 1.64. The van der Waals surface area contributed by atoms with Gasteiger partial charge in [0.2, 0.25) is 0 Å². The number of methoxy groups -OCH3 is 1. The second-order valence-electron chi connectivity index (χ2n) is 3.95. The van der Waals surface area contributed by atoms with E-state index >= 15 is 0 Å². The molecule has 0 fully saturated rings. The maximum absolute atomic E-state index is 11.5. The van der Waals surface area contributed by atoms with Crippen LogP contribution >= 0.6 is 0 Å². The highest BCUT2D eigenvalue weighted by Gasteiger charge is 1.96. The minimum absolute atomic E-state index is 0.00921. The van der Waals surface area contributed by atoms with Gasteiger partial charge in [-0.3, -0.25) is 4.79 Å². The molecule has 0 saturated carbocycles. The Bertz CT molecular complexity index is 389. The SMILES string of the molecule is COCCOCCOCCn1ccc(C)cc1=O. The van der Waals surface area contributed by atoms with Crippen LogP contribution in [0.15, 0.2) is 23.1 Å². The topological polar surface area (TPSA) is 49.7 Å². The molecular formula is C13H21NO4. The molecule has 1 aromatic heterocycles. The van der Waals surface area contributed by atoms with Gasteiger partial charge in [-0.05, 0) is 18.6 Å². The molecule has 18 heavy (non-hydrogen) atoms. The van der Waals surface area contributed by atoms with Crippen molar-refractivity contribution < 1.29 is 14.2 Å². The van der Waals surface area contributed by atoms with Crippen molar-refractivity contribution in [2.45, 2.75) is 13.5 Å². The van der Waals surface area contributed by atoms with Crippen LogP contribution in [0.3, 0.4) is 0 Å². The van der Waals surface area contributed by atoms with Crippen molar-refractivity contribution in [2.24, 2.45) is 0 Å². The lowest BCUT2D eigenvalue weighted by atomic mass is 10.3. The smallest absolute Gasteiger partial charge is 0.250 e. The summed E-state index contributed by atoms with van der Waals surface area (Å²) in [5.74, 6) is 0. The normalized spacial score (nSPS) is 10.8. The Balaban J connectivity index is 2.09. The van der Waals surface area contributed by atoms with Gasteiger partial charge in [-0.1, -0.05) is 0 Å². The molecule has 1 heterocycles. The third-order valence-corrected chi connectivity index (χ3v) is 2.43. The zero-order valence-electron chi connectivity index (χ0n) is 11.1. The molecular weight excluding hydrogens is 234 g/mol. The van der Waals surface area contributed by atoms with E-state index < -0.39 is 0 Å². The number of nitrogens with zero attached hydrogens (tertiary/aromatic N) is 1. The van der Waals surface area contributed by atoms with Crippen molar-refractivity contribution in [1.82, 2.24) is 4.57 Å². The van der Waals surface area contributed by atoms with E-state index in [2.05, 4.69) is 0 Å². The van der Waals surface area contributed by atoms with Crippen LogP contribution in [0.1, 0.15) is 5.56 Å². The van der Waals surface area contributed by atoms with Gasteiger partial charge in [0.05, 0.1) is 33.0 Å². The molecule has 0 atom stereocenters. The predicted molar refractivity (Wildman–Crippen MR) is 69.0 cm³/mol. The first kappa shape index (κ1) is 14.9. The Morgan fingerprint density at radius 2 is 1.78 bits per heavy atom. The fraction of sp³-hybridized carbons (Fsp3) is 0.615. The van der Waals surface area contributed by atoms with Crippen molar-refractivity contribution in [3.8, 4) is 0 Å². The minimum Gasteiger partial charge on any atom is -0.382 e. The number of hydrogen-bond acceptors (Lipinski definition) is 4. The first-order valence-corrected chi connectivity index (χ1v) is 6.05. The lowest BCUT2D eigenvalue weighted by Crippen LogP contribution is -2.21. The van der Waals surface area contributed by atoms with E-state index in [9.17, 15) is 4.79 Å². The fourth-order valence-electron chi connectivity index (χ4n) is 1.42. The van der Waals surface area contributed by atoms with Crippen LogP contribution < -0.4 is 5.56 Å². The van der Waals surface area contributed by atoms with Gasteiger partial charge in [-0.2, -0.15) is 0 Å². The molecule has 0 aliphatic carbocycles. The van der Waals surface area contributed by atoms with E-state index in [1.54, 1.807) is 23.9 Å². The lowest BCUT2D eigenvalue weighted by Gasteiger charge is -2.07. The van der Waals surface area contributed by atoms with Crippen LogP contribution in [0.5, 0.6) is 0 Å². The predicted octanol–water partition coefficient (Wildman–Crippen LogP) is 0.836. The van der Waals surface area contributed by atoms with Gasteiger partial charge >= 0.3 is 0 Å². The molecule has 0 amide bonds. The maximum Gasteiger partial charge on any atom is 0.250 e. The number of hydrogen-bond donors (Lipinski definition) is 0. The zero-order valence-corrected chi connectivity index (χ0v) is 11.1. The van der Waals surface area contributed by atoms with Gasteiger partial charge in [-0.25, -0.2) is 0 Å². The molecule has 0 spiro atoms. The monoisotopic (exact) mass is 255 g/mol. The highest BCUT2D eigenvalue weighted by atomic mass is 16.5. The minimum atomic E-state index is 0.00921. The summed E-state index contributed by atoms with van der Waals surface area (Å²) in [6.45, 7) is 5.24. The fourth-order valence-corrected chi connectivity index (χ4v) is 1.42. The zero-order chi connectivity index (χ0) is 13.2. The van der Waals surface area contributed by atoms with E-state index in [4.69, 9.17) is 14.2 Å². The Morgan fingerprint density at radius 3 is 2.44 bits per heavy atom. The summed E-state index contributed by atoms with van der Waals surface area (Å²) >= 11 is 0. The molecule has 0 aliphatic rings. The van der Waals surface area contributed by atoms with Gasteiger partial charge in [0, 0.05) is 25.9 Å². The summed E-state index contributed by atoms with van der Waals surface area (Å²) in [6.07, 6.45) is 1.79. The number of aromatic nitrogens is 1. The van der Waals surface area contributed by atoms with Crippen LogP contribution in [0, 0.1) is 6.92 Å². The van der Waals surface area contributed by atoms with Crippen LogP contribution in [0.2, 0.25) is 0 Å². The van der Waals surface area contributed by atoms with Crippen LogP contribution in [0.4, 0.5) is 0 Å². The van der Waals surface area contributed by atoms with E-state index in [-0.39, 0.29) is 5.56 Å². The molecule has 1 aromatic rings. The van der Waals surface area contributed by atoms with E-state index in [1.807, 2.05) is 13.0 Å². The molecule has 0 unspecified atom stereocenters. The molecule has 0 aliphatic heterocycles. The van der Waals surface area contributed by atoms with E-state index in [0.717, 1.165) is 5.56 Å². The van der Waals surface area contributed by atoms with Gasteiger partial charge in [0.15, 0.2) is 0 Å². The van der Waals surface area contributed by atoms with E-state index in [1.165, 1.54) is 0 Å². The Morgan fingerprint density at radius 1 is 1.11 bits per heavy atom. The van der Waals surface area contributed by atoms with Gasteiger partial charge in [0.25, 0.3) is 5.56 Å². The molecule has 0 N–H and O–H groups in total. The summed E-state index contributed by atoms with van der Waals surface area (Å²) in [5, 5.41) is 0. The quantitative estimate of drug-likeness (QED) is 0.613. The number of aryl methyl sites for hydroxylation is 1. The van der Waals surface area contributed by atoms with Crippen LogP contribution in [-0.4, -0.2) is 44.7 Å². The number of pyridine rings is 1. The Kier molecular flexibility index (Phi) is 7.32.